The van der Waals surface area contributed by atoms with Crippen LogP contribution in [0.3, 0.4) is 0 Å². The Morgan fingerprint density at radius 1 is 1.05 bits per heavy atom. The molecular formula is C13H9BrF2O3S. The van der Waals surface area contributed by atoms with Gasteiger partial charge in [0.25, 0.3) is 0 Å². The van der Waals surface area contributed by atoms with Crippen LogP contribution in [0.5, 0.6) is 5.75 Å². The summed E-state index contributed by atoms with van der Waals surface area (Å²) in [6.45, 7) is 1.78. The first-order valence-electron chi connectivity index (χ1n) is 5.45. The van der Waals surface area contributed by atoms with Crippen LogP contribution in [-0.2, 0) is 10.1 Å². The van der Waals surface area contributed by atoms with Crippen LogP contribution < -0.4 is 4.18 Å². The zero-order valence-corrected chi connectivity index (χ0v) is 12.6. The molecule has 0 spiro atoms. The first-order chi connectivity index (χ1) is 9.29. The van der Waals surface area contributed by atoms with Crippen molar-refractivity contribution in [3.8, 4) is 5.75 Å². The first kappa shape index (κ1) is 14.9. The molecule has 0 aliphatic rings. The van der Waals surface area contributed by atoms with Crippen LogP contribution in [0.2, 0.25) is 0 Å². The molecule has 0 heterocycles. The summed E-state index contributed by atoms with van der Waals surface area (Å²) in [4.78, 5) is -0.176. The summed E-state index contributed by atoms with van der Waals surface area (Å²) in [7, 11) is -4.28. The number of rotatable bonds is 3. The predicted octanol–water partition coefficient (Wildman–Crippen LogP) is 3.80. The topological polar surface area (TPSA) is 43.4 Å². The molecule has 2 rings (SSSR count). The summed E-state index contributed by atoms with van der Waals surface area (Å²) in [6.07, 6.45) is 0. The fourth-order valence-corrected chi connectivity index (χ4v) is 2.82. The van der Waals surface area contributed by atoms with Gasteiger partial charge in [0.15, 0.2) is 11.6 Å². The number of halogens is 3. The van der Waals surface area contributed by atoms with Gasteiger partial charge in [-0.2, -0.15) is 8.42 Å². The van der Waals surface area contributed by atoms with Gasteiger partial charge in [-0.15, -0.1) is 0 Å². The summed E-state index contributed by atoms with van der Waals surface area (Å²) in [5, 5.41) is 0. The minimum atomic E-state index is -4.28. The molecule has 0 saturated heterocycles. The van der Waals surface area contributed by atoms with E-state index in [4.69, 9.17) is 0 Å². The zero-order valence-electron chi connectivity index (χ0n) is 10.2. The molecule has 0 aliphatic heterocycles. The summed E-state index contributed by atoms with van der Waals surface area (Å²) >= 11 is 2.89. The molecule has 20 heavy (non-hydrogen) atoms. The SMILES string of the molecule is Cc1ccc(S(=O)(=O)Oc2c(F)cc(Br)cc2F)cc1. The average molecular weight is 363 g/mol. The van der Waals surface area contributed by atoms with Crippen LogP contribution in [-0.4, -0.2) is 8.42 Å². The van der Waals surface area contributed by atoms with E-state index < -0.39 is 27.5 Å². The molecule has 7 heteroatoms. The Hall–Kier alpha value is -1.47. The van der Waals surface area contributed by atoms with Crippen LogP contribution in [0.1, 0.15) is 5.56 Å². The van der Waals surface area contributed by atoms with Gasteiger partial charge in [0.05, 0.1) is 0 Å². The number of aryl methyl sites for hydroxylation is 1. The summed E-state index contributed by atoms with van der Waals surface area (Å²) in [5.41, 5.74) is 0.852. The van der Waals surface area contributed by atoms with Gasteiger partial charge in [-0.25, -0.2) is 8.78 Å². The van der Waals surface area contributed by atoms with Gasteiger partial charge in [0.2, 0.25) is 5.75 Å². The van der Waals surface area contributed by atoms with E-state index in [9.17, 15) is 17.2 Å². The Morgan fingerprint density at radius 2 is 1.55 bits per heavy atom. The van der Waals surface area contributed by atoms with E-state index in [1.165, 1.54) is 12.1 Å². The van der Waals surface area contributed by atoms with Crippen molar-refractivity contribution in [1.82, 2.24) is 0 Å². The van der Waals surface area contributed by atoms with Crippen molar-refractivity contribution in [3.05, 3.63) is 58.1 Å². The molecular weight excluding hydrogens is 354 g/mol. The van der Waals surface area contributed by atoms with Gasteiger partial charge in [-0.05, 0) is 31.2 Å². The smallest absolute Gasteiger partial charge is 0.339 e. The third-order valence-electron chi connectivity index (χ3n) is 2.47. The van der Waals surface area contributed by atoms with E-state index in [0.717, 1.165) is 17.7 Å². The standard InChI is InChI=1S/C13H9BrF2O3S/c1-8-2-4-10(5-3-8)20(17,18)19-13-11(15)6-9(14)7-12(13)16/h2-7H,1H3. The molecule has 0 radical (unpaired) electrons. The second-order valence-corrected chi connectivity index (χ2v) is 6.51. The monoisotopic (exact) mass is 362 g/mol. The van der Waals surface area contributed by atoms with Crippen molar-refractivity contribution in [2.24, 2.45) is 0 Å². The van der Waals surface area contributed by atoms with E-state index in [0.29, 0.717) is 0 Å². The minimum Gasteiger partial charge on any atom is -0.373 e. The highest BCUT2D eigenvalue weighted by molar-refractivity contribution is 9.10. The van der Waals surface area contributed by atoms with Crippen LogP contribution >= 0.6 is 15.9 Å². The van der Waals surface area contributed by atoms with E-state index >= 15 is 0 Å². The summed E-state index contributed by atoms with van der Waals surface area (Å²) in [6, 6.07) is 7.57. The maximum atomic E-state index is 13.6. The Kier molecular flexibility index (Phi) is 4.10. The highest BCUT2D eigenvalue weighted by Gasteiger charge is 2.22. The summed E-state index contributed by atoms with van der Waals surface area (Å²) in [5.74, 6) is -3.16. The second-order valence-electron chi connectivity index (χ2n) is 4.05. The van der Waals surface area contributed by atoms with E-state index in [-0.39, 0.29) is 9.37 Å². The number of benzene rings is 2. The van der Waals surface area contributed by atoms with Crippen LogP contribution in [0.25, 0.3) is 0 Å². The average Bonchev–Trinajstić information content (AvgIpc) is 2.34. The van der Waals surface area contributed by atoms with Crippen LogP contribution in [0, 0.1) is 18.6 Å². The van der Waals surface area contributed by atoms with Crippen molar-refractivity contribution in [1.29, 1.82) is 0 Å². The maximum absolute atomic E-state index is 13.6. The Labute approximate surface area is 123 Å². The van der Waals surface area contributed by atoms with Crippen molar-refractivity contribution >= 4 is 26.0 Å². The minimum absolute atomic E-state index is 0.146. The molecule has 0 saturated carbocycles. The van der Waals surface area contributed by atoms with Gasteiger partial charge >= 0.3 is 10.1 Å². The zero-order chi connectivity index (χ0) is 14.9. The molecule has 2 aromatic carbocycles. The van der Waals surface area contributed by atoms with Crippen molar-refractivity contribution in [2.45, 2.75) is 11.8 Å². The molecule has 0 unspecified atom stereocenters. The van der Waals surface area contributed by atoms with E-state index in [1.807, 2.05) is 0 Å². The van der Waals surface area contributed by atoms with Crippen molar-refractivity contribution in [2.75, 3.05) is 0 Å². The van der Waals surface area contributed by atoms with Crippen LogP contribution in [0.15, 0.2) is 45.8 Å². The molecule has 0 atom stereocenters. The molecule has 2 aromatic rings. The molecule has 0 fully saturated rings. The van der Waals surface area contributed by atoms with Gasteiger partial charge in [0, 0.05) is 4.47 Å². The lowest BCUT2D eigenvalue weighted by atomic mass is 10.2. The second kappa shape index (κ2) is 5.49. The number of hydrogen-bond acceptors (Lipinski definition) is 3. The van der Waals surface area contributed by atoms with Gasteiger partial charge in [0.1, 0.15) is 4.90 Å². The molecule has 0 bridgehead atoms. The Morgan fingerprint density at radius 3 is 2.05 bits per heavy atom. The highest BCUT2D eigenvalue weighted by atomic mass is 79.9. The largest absolute Gasteiger partial charge is 0.373 e. The quantitative estimate of drug-likeness (QED) is 0.779. The normalized spacial score (nSPS) is 11.4. The van der Waals surface area contributed by atoms with Gasteiger partial charge in [-0.1, -0.05) is 33.6 Å². The molecule has 3 nitrogen and oxygen atoms in total. The lowest BCUT2D eigenvalue weighted by Crippen LogP contribution is -2.11. The third-order valence-corrected chi connectivity index (χ3v) is 4.16. The first-order valence-corrected chi connectivity index (χ1v) is 7.65. The lowest BCUT2D eigenvalue weighted by molar-refractivity contribution is 0.433. The predicted molar refractivity (Wildman–Crippen MR) is 73.1 cm³/mol. The fraction of sp³-hybridized carbons (Fsp3) is 0.0769. The number of hydrogen-bond donors (Lipinski definition) is 0. The highest BCUT2D eigenvalue weighted by Crippen LogP contribution is 2.28. The van der Waals surface area contributed by atoms with E-state index in [1.54, 1.807) is 19.1 Å². The third kappa shape index (κ3) is 3.16. The lowest BCUT2D eigenvalue weighted by Gasteiger charge is -2.09. The van der Waals surface area contributed by atoms with Gasteiger partial charge < -0.3 is 4.18 Å². The molecule has 106 valence electrons. The van der Waals surface area contributed by atoms with Crippen molar-refractivity contribution in [3.63, 3.8) is 0 Å². The Balaban J connectivity index is 2.41. The molecule has 0 aliphatic carbocycles. The maximum Gasteiger partial charge on any atom is 0.339 e. The van der Waals surface area contributed by atoms with Gasteiger partial charge in [-0.3, -0.25) is 0 Å². The molecule has 0 aromatic heterocycles. The van der Waals surface area contributed by atoms with Crippen molar-refractivity contribution < 1.29 is 21.4 Å². The Bertz CT molecular complexity index is 720. The molecule has 0 N–H and O–H groups in total. The molecule has 0 amide bonds. The fourth-order valence-electron chi connectivity index (χ4n) is 1.47. The van der Waals surface area contributed by atoms with E-state index in [2.05, 4.69) is 20.1 Å². The summed E-state index contributed by atoms with van der Waals surface area (Å²) < 4.78 is 55.7. The van der Waals surface area contributed by atoms with Crippen LogP contribution in [0.4, 0.5) is 8.78 Å².